The lowest BCUT2D eigenvalue weighted by atomic mass is 9.86. The zero-order valence-corrected chi connectivity index (χ0v) is 15.0. The summed E-state index contributed by atoms with van der Waals surface area (Å²) in [4.78, 5) is 29.8. The van der Waals surface area contributed by atoms with E-state index in [1.54, 1.807) is 0 Å². The average molecular weight is 421 g/mol. The molecule has 0 bridgehead atoms. The fourth-order valence-electron chi connectivity index (χ4n) is 3.45. The second-order valence-electron chi connectivity index (χ2n) is 6.44. The summed E-state index contributed by atoms with van der Waals surface area (Å²) in [6.07, 6.45) is -5.96. The molecule has 3 atom stereocenters. The fourth-order valence-corrected chi connectivity index (χ4v) is 3.45. The SMILES string of the molecule is [2H]c1c([2H])c([C@]2([2H])c3[nH]c4c([2H])c([2H])c([2H])c([2H])c4c3C([2H])([2H])[C@]3([2H])C(=O)N(C([2H])([2H])[2H])C([2H])([2H])C(=O)N23)c([2H])c2c1OC([2H])(C)O2. The van der Waals surface area contributed by atoms with Gasteiger partial charge in [-0.15, -0.1) is 0 Å². The van der Waals surface area contributed by atoms with Gasteiger partial charge in [0.05, 0.1) is 27.6 Å². The molecule has 0 radical (unpaired) electrons. The molecular weight excluding hydrogens is 382 g/mol. The van der Waals surface area contributed by atoms with E-state index in [4.69, 9.17) is 30.0 Å². The molecule has 3 aliphatic heterocycles. The maximum absolute atomic E-state index is 14.2. The summed E-state index contributed by atoms with van der Waals surface area (Å²) >= 11 is 0. The third-order valence-electron chi connectivity index (χ3n) is 4.66. The highest BCUT2D eigenvalue weighted by molar-refractivity contribution is 5.97. The van der Waals surface area contributed by atoms with E-state index in [2.05, 4.69) is 4.98 Å². The number of para-hydroxylation sites is 1. The number of piperazine rings is 1. The lowest BCUT2D eigenvalue weighted by molar-refractivity contribution is -0.157. The highest BCUT2D eigenvalue weighted by atomic mass is 16.7. The average Bonchev–Trinajstić information content (AvgIpc) is 3.51. The van der Waals surface area contributed by atoms with Crippen LogP contribution in [0, 0.1) is 0 Å². The van der Waals surface area contributed by atoms with Crippen molar-refractivity contribution in [3.8, 4) is 11.5 Å². The van der Waals surface area contributed by atoms with E-state index in [1.165, 1.54) is 0 Å². The van der Waals surface area contributed by atoms with Crippen LogP contribution in [0.2, 0.25) is 0 Å². The number of rotatable bonds is 1. The number of aromatic nitrogens is 1. The quantitative estimate of drug-likeness (QED) is 0.657. The number of ether oxygens (including phenoxy) is 2. The van der Waals surface area contributed by atoms with Crippen LogP contribution in [0.5, 0.6) is 11.5 Å². The molecule has 1 fully saturated rings. The summed E-state index contributed by atoms with van der Waals surface area (Å²) in [6.45, 7) is -6.67. The van der Waals surface area contributed by atoms with E-state index in [0.717, 1.165) is 6.92 Å². The lowest BCUT2D eigenvalue weighted by Crippen LogP contribution is -2.62. The van der Waals surface area contributed by atoms with Crippen LogP contribution in [0.15, 0.2) is 42.3 Å². The molecule has 7 nitrogen and oxygen atoms in total. The van der Waals surface area contributed by atoms with Crippen molar-refractivity contribution in [3.63, 3.8) is 0 Å². The van der Waals surface area contributed by atoms with Gasteiger partial charge in [0.15, 0.2) is 11.5 Å². The zero-order chi connectivity index (χ0) is 35.5. The fraction of sp³-hybridized carbons (Fsp3) is 0.304. The van der Waals surface area contributed by atoms with Gasteiger partial charge in [0.1, 0.15) is 7.39 Å². The second kappa shape index (κ2) is 6.01. The Bertz CT molecular complexity index is 1990. The van der Waals surface area contributed by atoms with Crippen LogP contribution < -0.4 is 9.47 Å². The highest BCUT2D eigenvalue weighted by Gasteiger charge is 2.47. The first kappa shape index (κ1) is 7.34. The van der Waals surface area contributed by atoms with E-state index >= 15 is 0 Å². The smallest absolute Gasteiger partial charge is 0.245 e. The van der Waals surface area contributed by atoms with Crippen molar-refractivity contribution in [2.75, 3.05) is 13.5 Å². The van der Waals surface area contributed by atoms with Crippen LogP contribution in [0.3, 0.4) is 0 Å². The van der Waals surface area contributed by atoms with Crippen LogP contribution in [-0.2, 0) is 16.0 Å². The van der Waals surface area contributed by atoms with Gasteiger partial charge >= 0.3 is 0 Å². The minimum Gasteiger partial charge on any atom is -0.451 e. The van der Waals surface area contributed by atoms with E-state index in [9.17, 15) is 12.3 Å². The number of likely N-dealkylation sites (N-methyl/N-ethyl adjacent to an activating group) is 1. The van der Waals surface area contributed by atoms with Crippen LogP contribution in [-0.4, -0.2) is 52.4 Å². The van der Waals surface area contributed by atoms with E-state index < -0.39 is 136 Å². The Labute approximate surface area is 197 Å². The molecule has 0 spiro atoms. The molecule has 1 aromatic heterocycles. The summed E-state index contributed by atoms with van der Waals surface area (Å²) < 4.78 is 156. The number of hydrogen-bond acceptors (Lipinski definition) is 4. The molecule has 1 N–H and O–H groups in total. The first-order valence-corrected chi connectivity index (χ1v) is 8.57. The Balaban J connectivity index is 1.88. The number of fused-ring (bicyclic) bond motifs is 5. The Morgan fingerprint density at radius 3 is 2.93 bits per heavy atom. The molecule has 0 saturated carbocycles. The number of aromatic amines is 1. The lowest BCUT2D eigenvalue weighted by Gasteiger charge is -2.46. The minimum atomic E-state index is -3.97. The first-order chi connectivity index (χ1) is 21.2. The molecule has 0 aliphatic carbocycles. The normalized spacial score (nSPS) is 44.2. The zero-order valence-electron chi connectivity index (χ0n) is 32.0. The number of H-pyrrole nitrogens is 1. The number of carbonyl (C=O) groups excluding carboxylic acids is 2. The van der Waals surface area contributed by atoms with Crippen molar-refractivity contribution in [2.24, 2.45) is 0 Å². The third kappa shape index (κ3) is 2.32. The molecule has 1 saturated heterocycles. The number of carbonyl (C=O) groups is 2. The monoisotopic (exact) mass is 420 g/mol. The van der Waals surface area contributed by atoms with Gasteiger partial charge < -0.3 is 24.3 Å². The Kier molecular flexibility index (Phi) is 1.47. The van der Waals surface area contributed by atoms with E-state index in [0.29, 0.717) is 0 Å². The number of amides is 2. The van der Waals surface area contributed by atoms with Crippen LogP contribution in [0.1, 0.15) is 53.1 Å². The van der Waals surface area contributed by atoms with Gasteiger partial charge in [0.25, 0.3) is 0 Å². The summed E-state index contributed by atoms with van der Waals surface area (Å²) in [5, 5.41) is -0.725. The van der Waals surface area contributed by atoms with Gasteiger partial charge in [0.2, 0.25) is 18.1 Å². The number of hydrogen-bond donors (Lipinski definition) is 1. The standard InChI is InChI=1S/C23H21N3O4/c1-12-29-18-8-7-13(9-19(18)30-12)22-21-15(14-5-3-4-6-16(14)24-21)10-17-23(28)25(2)11-20(27)26(17)22/h3-9,12,17,22,24H,10-11H2,1-2H3/t12?,17-,22-/m1/s1/i2D3,3D,4D,5D,6D,7D,8D,9D,10D2,11D2,12D,17D,22D. The Morgan fingerprint density at radius 2 is 2.07 bits per heavy atom. The van der Waals surface area contributed by atoms with Crippen molar-refractivity contribution >= 4 is 22.7 Å². The third-order valence-corrected chi connectivity index (χ3v) is 4.66. The summed E-state index contributed by atoms with van der Waals surface area (Å²) in [6, 6.07) is -14.1. The summed E-state index contributed by atoms with van der Waals surface area (Å²) in [7, 11) is 0. The number of nitrogens with one attached hydrogen (secondary N) is 1. The van der Waals surface area contributed by atoms with Crippen molar-refractivity contribution in [3.05, 3.63) is 59.1 Å². The highest BCUT2D eigenvalue weighted by Crippen LogP contribution is 2.45. The molecule has 4 heterocycles. The topological polar surface area (TPSA) is 74.9 Å². The van der Waals surface area contributed by atoms with Crippen molar-refractivity contribution in [1.82, 2.24) is 14.8 Å². The molecular formula is C23H21N3O4. The van der Waals surface area contributed by atoms with Gasteiger partial charge in [-0.05, 0) is 29.3 Å². The van der Waals surface area contributed by atoms with E-state index in [-0.39, 0.29) is 4.90 Å². The van der Waals surface area contributed by atoms with Crippen LogP contribution in [0.4, 0.5) is 0 Å². The molecule has 1 unspecified atom stereocenters. The largest absolute Gasteiger partial charge is 0.451 e. The summed E-state index contributed by atoms with van der Waals surface area (Å²) in [5.74, 6) is -5.69. The molecule has 2 amide bonds. The predicted octanol–water partition coefficient (Wildman–Crippen LogP) is 2.60. The van der Waals surface area contributed by atoms with Gasteiger partial charge in [-0.3, -0.25) is 9.59 Å². The molecule has 30 heavy (non-hydrogen) atoms. The van der Waals surface area contributed by atoms with Crippen molar-refractivity contribution in [1.29, 1.82) is 0 Å². The van der Waals surface area contributed by atoms with Crippen LogP contribution in [0.25, 0.3) is 10.9 Å². The molecule has 3 aliphatic rings. The Hall–Kier alpha value is -3.48. The number of nitrogens with zero attached hydrogens (tertiary/aromatic N) is 2. The first-order valence-electron chi connectivity index (χ1n) is 17.1. The van der Waals surface area contributed by atoms with Gasteiger partial charge in [-0.25, -0.2) is 0 Å². The minimum absolute atomic E-state index is 0.286. The van der Waals surface area contributed by atoms with Gasteiger partial charge in [-0.1, -0.05) is 24.2 Å². The molecule has 7 heteroatoms. The van der Waals surface area contributed by atoms with E-state index in [1.807, 2.05) is 0 Å². The Morgan fingerprint density at radius 1 is 1.23 bits per heavy atom. The van der Waals surface area contributed by atoms with Gasteiger partial charge in [0, 0.05) is 43.7 Å². The summed E-state index contributed by atoms with van der Waals surface area (Å²) in [5.41, 5.74) is -3.70. The second-order valence-corrected chi connectivity index (χ2v) is 6.44. The molecule has 3 aromatic rings. The van der Waals surface area contributed by atoms with Crippen molar-refractivity contribution < 1.29 is 42.4 Å². The van der Waals surface area contributed by atoms with Crippen LogP contribution >= 0.6 is 0 Å². The molecule has 6 rings (SSSR count). The molecule has 2 aromatic carbocycles. The predicted molar refractivity (Wildman–Crippen MR) is 109 cm³/mol. The molecule has 152 valence electrons. The van der Waals surface area contributed by atoms with Gasteiger partial charge in [-0.2, -0.15) is 0 Å². The van der Waals surface area contributed by atoms with Crippen molar-refractivity contribution in [2.45, 2.75) is 31.6 Å². The maximum Gasteiger partial charge on any atom is 0.245 e. The number of benzene rings is 2. The maximum atomic E-state index is 14.2.